The summed E-state index contributed by atoms with van der Waals surface area (Å²) in [5, 5.41) is 2.62. The number of carbonyl (C=O) groups excluding carboxylic acids is 3. The number of ether oxygens (including phenoxy) is 1. The van der Waals surface area contributed by atoms with Gasteiger partial charge in [0.05, 0.1) is 13.0 Å². The molecule has 0 unspecified atom stereocenters. The zero-order chi connectivity index (χ0) is 19.2. The molecule has 6 heteroatoms. The maximum atomic E-state index is 12.4. The second-order valence-corrected chi connectivity index (χ2v) is 7.17. The summed E-state index contributed by atoms with van der Waals surface area (Å²) >= 11 is 0. The minimum atomic E-state index is -0.945. The predicted octanol–water partition coefficient (Wildman–Crippen LogP) is 2.16. The van der Waals surface area contributed by atoms with E-state index >= 15 is 0 Å². The van der Waals surface area contributed by atoms with E-state index in [1.807, 2.05) is 12.1 Å². The van der Waals surface area contributed by atoms with Crippen molar-refractivity contribution in [2.24, 2.45) is 11.7 Å². The van der Waals surface area contributed by atoms with Gasteiger partial charge in [0.2, 0.25) is 5.91 Å². The van der Waals surface area contributed by atoms with Crippen LogP contribution in [0.5, 0.6) is 0 Å². The third-order valence-corrected chi connectivity index (χ3v) is 3.97. The topological polar surface area (TPSA) is 98.5 Å². The fraction of sp³-hybridized carbons (Fsp3) is 0.526. The van der Waals surface area contributed by atoms with Crippen LogP contribution in [-0.4, -0.2) is 30.4 Å². The zero-order valence-corrected chi connectivity index (χ0v) is 15.6. The Balaban J connectivity index is 2.82. The van der Waals surface area contributed by atoms with Gasteiger partial charge in [0, 0.05) is 5.56 Å². The van der Waals surface area contributed by atoms with Crippen LogP contribution in [-0.2, 0) is 19.7 Å². The van der Waals surface area contributed by atoms with E-state index in [0.717, 1.165) is 5.56 Å². The van der Waals surface area contributed by atoms with Gasteiger partial charge >= 0.3 is 5.97 Å². The Morgan fingerprint density at radius 3 is 2.16 bits per heavy atom. The molecule has 0 aliphatic carbocycles. The Morgan fingerprint density at radius 1 is 1.16 bits per heavy atom. The highest BCUT2D eigenvalue weighted by atomic mass is 16.5. The van der Waals surface area contributed by atoms with Crippen molar-refractivity contribution >= 4 is 17.8 Å². The van der Waals surface area contributed by atoms with Crippen LogP contribution >= 0.6 is 0 Å². The minimum Gasteiger partial charge on any atom is -0.466 e. The number of benzene rings is 1. The van der Waals surface area contributed by atoms with Crippen LogP contribution in [0.3, 0.4) is 0 Å². The van der Waals surface area contributed by atoms with Crippen molar-refractivity contribution in [3.63, 3.8) is 0 Å². The molecule has 0 fully saturated rings. The molecule has 0 aliphatic rings. The van der Waals surface area contributed by atoms with Gasteiger partial charge in [-0.1, -0.05) is 39.8 Å². The first kappa shape index (κ1) is 20.7. The minimum absolute atomic E-state index is 0.00465. The van der Waals surface area contributed by atoms with Gasteiger partial charge in [0.15, 0.2) is 0 Å². The average Bonchev–Trinajstić information content (AvgIpc) is 2.51. The van der Waals surface area contributed by atoms with Gasteiger partial charge in [-0.25, -0.2) is 0 Å². The number of nitrogens with two attached hydrogens (primary N) is 1. The second-order valence-electron chi connectivity index (χ2n) is 7.17. The summed E-state index contributed by atoms with van der Waals surface area (Å²) in [6.07, 6.45) is 0.00465. The molecule has 0 saturated carbocycles. The Bertz CT molecular complexity index is 617. The highest BCUT2D eigenvalue weighted by Gasteiger charge is 2.27. The van der Waals surface area contributed by atoms with Gasteiger partial charge in [-0.15, -0.1) is 0 Å². The number of nitrogens with one attached hydrogen (secondary N) is 1. The van der Waals surface area contributed by atoms with Gasteiger partial charge in [0.1, 0.15) is 6.04 Å². The molecule has 1 aromatic carbocycles. The quantitative estimate of drug-likeness (QED) is 0.738. The summed E-state index contributed by atoms with van der Waals surface area (Å²) in [5.41, 5.74) is 6.91. The Morgan fingerprint density at radius 2 is 1.72 bits per heavy atom. The summed E-state index contributed by atoms with van der Waals surface area (Å²) in [6, 6.07) is 6.25. The fourth-order valence-electron chi connectivity index (χ4n) is 2.44. The van der Waals surface area contributed by atoms with Crippen molar-refractivity contribution in [1.29, 1.82) is 0 Å². The third kappa shape index (κ3) is 6.21. The van der Waals surface area contributed by atoms with Crippen LogP contribution < -0.4 is 11.1 Å². The summed E-state index contributed by atoms with van der Waals surface area (Å²) in [4.78, 5) is 35.7. The van der Waals surface area contributed by atoms with Crippen LogP contribution in [0, 0.1) is 5.92 Å². The molecule has 1 aromatic rings. The molecule has 0 saturated heterocycles. The average molecular weight is 348 g/mol. The molecule has 25 heavy (non-hydrogen) atoms. The van der Waals surface area contributed by atoms with Crippen molar-refractivity contribution < 1.29 is 19.1 Å². The molecule has 0 heterocycles. The molecule has 0 aliphatic heterocycles. The third-order valence-electron chi connectivity index (χ3n) is 3.97. The highest BCUT2D eigenvalue weighted by Crippen LogP contribution is 2.22. The molecule has 0 aromatic heterocycles. The van der Waals surface area contributed by atoms with Crippen molar-refractivity contribution in [1.82, 2.24) is 5.32 Å². The summed E-state index contributed by atoms with van der Waals surface area (Å²) in [5.74, 6) is -1.98. The molecular formula is C19H28N2O4. The number of hydrogen-bond donors (Lipinski definition) is 2. The van der Waals surface area contributed by atoms with Crippen molar-refractivity contribution in [3.05, 3.63) is 35.4 Å². The van der Waals surface area contributed by atoms with Crippen molar-refractivity contribution in [3.8, 4) is 0 Å². The first-order valence-corrected chi connectivity index (χ1v) is 8.42. The fourth-order valence-corrected chi connectivity index (χ4v) is 2.44. The van der Waals surface area contributed by atoms with Crippen molar-refractivity contribution in [2.75, 3.05) is 6.61 Å². The molecule has 0 spiro atoms. The summed E-state index contributed by atoms with van der Waals surface area (Å²) in [6.45, 7) is 9.90. The maximum absolute atomic E-state index is 12.4. The molecule has 138 valence electrons. The van der Waals surface area contributed by atoms with Crippen LogP contribution in [0.1, 0.15) is 57.0 Å². The molecule has 0 radical (unpaired) electrons. The number of primary amides is 1. The van der Waals surface area contributed by atoms with Crippen LogP contribution in [0.25, 0.3) is 0 Å². The van der Waals surface area contributed by atoms with Crippen LogP contribution in [0.2, 0.25) is 0 Å². The van der Waals surface area contributed by atoms with E-state index in [1.54, 1.807) is 26.0 Å². The van der Waals surface area contributed by atoms with E-state index in [1.165, 1.54) is 0 Å². The number of esters is 1. The van der Waals surface area contributed by atoms with Gasteiger partial charge in [-0.2, -0.15) is 0 Å². The molecule has 3 N–H and O–H groups in total. The van der Waals surface area contributed by atoms with E-state index in [9.17, 15) is 14.4 Å². The SMILES string of the molecule is CCOC(=O)C[C@@H](C)[C@H](NC(=O)c1ccc(C(C)(C)C)cc1)C(N)=O. The number of rotatable bonds is 7. The lowest BCUT2D eigenvalue weighted by Gasteiger charge is -2.22. The van der Waals surface area contributed by atoms with Gasteiger partial charge in [-0.05, 0) is 36.0 Å². The Kier molecular flexibility index (Phi) is 7.15. The molecular weight excluding hydrogens is 320 g/mol. The maximum Gasteiger partial charge on any atom is 0.306 e. The van der Waals surface area contributed by atoms with E-state index < -0.39 is 29.7 Å². The number of carbonyl (C=O) groups is 3. The lowest BCUT2D eigenvalue weighted by molar-refractivity contribution is -0.144. The molecule has 2 atom stereocenters. The first-order chi connectivity index (χ1) is 11.6. The Labute approximate surface area is 149 Å². The van der Waals surface area contributed by atoms with Crippen LogP contribution in [0.15, 0.2) is 24.3 Å². The van der Waals surface area contributed by atoms with Crippen molar-refractivity contribution in [2.45, 2.75) is 52.5 Å². The lowest BCUT2D eigenvalue weighted by atomic mass is 9.86. The smallest absolute Gasteiger partial charge is 0.306 e. The number of hydrogen-bond acceptors (Lipinski definition) is 4. The predicted molar refractivity (Wildman–Crippen MR) is 96.0 cm³/mol. The molecule has 6 nitrogen and oxygen atoms in total. The Hall–Kier alpha value is -2.37. The summed E-state index contributed by atoms with van der Waals surface area (Å²) in [7, 11) is 0. The van der Waals surface area contributed by atoms with E-state index in [4.69, 9.17) is 10.5 Å². The van der Waals surface area contributed by atoms with Gasteiger partial charge in [0.25, 0.3) is 5.91 Å². The highest BCUT2D eigenvalue weighted by molar-refractivity contribution is 5.97. The second kappa shape index (κ2) is 8.65. The van der Waals surface area contributed by atoms with Crippen LogP contribution in [0.4, 0.5) is 0 Å². The lowest BCUT2D eigenvalue weighted by Crippen LogP contribution is -2.49. The van der Waals surface area contributed by atoms with E-state index in [2.05, 4.69) is 26.1 Å². The van der Waals surface area contributed by atoms with E-state index in [-0.39, 0.29) is 18.4 Å². The van der Waals surface area contributed by atoms with Gasteiger partial charge in [-0.3, -0.25) is 14.4 Å². The molecule has 0 bridgehead atoms. The number of amides is 2. The van der Waals surface area contributed by atoms with Gasteiger partial charge < -0.3 is 15.8 Å². The molecule has 1 rings (SSSR count). The monoisotopic (exact) mass is 348 g/mol. The first-order valence-electron chi connectivity index (χ1n) is 8.42. The standard InChI is InChI=1S/C19H28N2O4/c1-6-25-15(22)11-12(2)16(17(20)23)21-18(24)13-7-9-14(10-8-13)19(3,4)5/h7-10,12,16H,6,11H2,1-5H3,(H2,20,23)(H,21,24)/t12-,16+/m1/s1. The largest absolute Gasteiger partial charge is 0.466 e. The summed E-state index contributed by atoms with van der Waals surface area (Å²) < 4.78 is 4.87. The van der Waals surface area contributed by atoms with E-state index in [0.29, 0.717) is 5.56 Å². The normalized spacial score (nSPS) is 13.6. The zero-order valence-electron chi connectivity index (χ0n) is 15.6. The molecule has 2 amide bonds.